The standard InChI is InChI=1S/C19H25N3O2/c1-18(2,3)24-17(23)19(4,5)10-13-7-6-8-14(9-13)15-11-21-12-16(20)22-15/h6-9,11-12H,10H2,1-5H3,(H2,20,22). The minimum absolute atomic E-state index is 0.204. The second-order valence-corrected chi connectivity index (χ2v) is 7.59. The van der Waals surface area contributed by atoms with Gasteiger partial charge in [0.2, 0.25) is 0 Å². The van der Waals surface area contributed by atoms with E-state index in [9.17, 15) is 4.79 Å². The van der Waals surface area contributed by atoms with Gasteiger partial charge in [0.15, 0.2) is 0 Å². The third-order valence-electron chi connectivity index (χ3n) is 3.47. The van der Waals surface area contributed by atoms with Gasteiger partial charge in [-0.1, -0.05) is 18.2 Å². The molecule has 2 N–H and O–H groups in total. The molecule has 0 aliphatic heterocycles. The third kappa shape index (κ3) is 4.78. The number of nitrogen functional groups attached to an aromatic ring is 1. The smallest absolute Gasteiger partial charge is 0.312 e. The minimum Gasteiger partial charge on any atom is -0.460 e. The van der Waals surface area contributed by atoms with Gasteiger partial charge in [-0.2, -0.15) is 0 Å². The van der Waals surface area contributed by atoms with Crippen molar-refractivity contribution in [3.05, 3.63) is 42.2 Å². The number of carbonyl (C=O) groups is 1. The fraction of sp³-hybridized carbons (Fsp3) is 0.421. The molecule has 0 radical (unpaired) electrons. The maximum Gasteiger partial charge on any atom is 0.312 e. The quantitative estimate of drug-likeness (QED) is 0.867. The zero-order valence-corrected chi connectivity index (χ0v) is 15.0. The van der Waals surface area contributed by atoms with Crippen molar-refractivity contribution in [3.63, 3.8) is 0 Å². The predicted molar refractivity (Wildman–Crippen MR) is 95.2 cm³/mol. The highest BCUT2D eigenvalue weighted by Gasteiger charge is 2.32. The molecule has 1 heterocycles. The van der Waals surface area contributed by atoms with E-state index in [1.807, 2.05) is 58.9 Å². The molecule has 0 unspecified atom stereocenters. The summed E-state index contributed by atoms with van der Waals surface area (Å²) in [6, 6.07) is 7.90. The molecule has 2 rings (SSSR count). The molecule has 0 fully saturated rings. The van der Waals surface area contributed by atoms with E-state index in [-0.39, 0.29) is 5.97 Å². The number of carbonyl (C=O) groups excluding carboxylic acids is 1. The van der Waals surface area contributed by atoms with Gasteiger partial charge < -0.3 is 10.5 Å². The van der Waals surface area contributed by atoms with Gasteiger partial charge in [0, 0.05) is 5.56 Å². The number of ether oxygens (including phenoxy) is 1. The molecular weight excluding hydrogens is 302 g/mol. The molecule has 0 amide bonds. The largest absolute Gasteiger partial charge is 0.460 e. The fourth-order valence-electron chi connectivity index (χ4n) is 2.36. The Balaban J connectivity index is 2.21. The lowest BCUT2D eigenvalue weighted by Gasteiger charge is -2.28. The number of hydrogen-bond acceptors (Lipinski definition) is 5. The number of nitrogens with two attached hydrogens (primary N) is 1. The van der Waals surface area contributed by atoms with Crippen LogP contribution < -0.4 is 5.73 Å². The monoisotopic (exact) mass is 327 g/mol. The second kappa shape index (κ2) is 6.59. The maximum absolute atomic E-state index is 12.4. The lowest BCUT2D eigenvalue weighted by Crippen LogP contribution is -2.35. The Kier molecular flexibility index (Phi) is 4.92. The molecular formula is C19H25N3O2. The van der Waals surface area contributed by atoms with Crippen molar-refractivity contribution < 1.29 is 9.53 Å². The molecule has 0 atom stereocenters. The van der Waals surface area contributed by atoms with E-state index in [4.69, 9.17) is 10.5 Å². The van der Waals surface area contributed by atoms with E-state index >= 15 is 0 Å². The first-order chi connectivity index (χ1) is 11.1. The predicted octanol–water partition coefficient (Wildman–Crippen LogP) is 3.64. The third-order valence-corrected chi connectivity index (χ3v) is 3.47. The molecule has 5 nitrogen and oxygen atoms in total. The van der Waals surface area contributed by atoms with E-state index in [1.54, 1.807) is 6.20 Å². The van der Waals surface area contributed by atoms with Crippen molar-refractivity contribution in [2.45, 2.75) is 46.6 Å². The van der Waals surface area contributed by atoms with Gasteiger partial charge in [-0.3, -0.25) is 9.78 Å². The number of rotatable bonds is 4. The zero-order chi connectivity index (χ0) is 18.0. The molecule has 5 heteroatoms. The van der Waals surface area contributed by atoms with Crippen molar-refractivity contribution >= 4 is 11.8 Å². The Morgan fingerprint density at radius 1 is 1.17 bits per heavy atom. The zero-order valence-electron chi connectivity index (χ0n) is 15.0. The van der Waals surface area contributed by atoms with Crippen molar-refractivity contribution in [2.24, 2.45) is 5.41 Å². The van der Waals surface area contributed by atoms with E-state index in [2.05, 4.69) is 9.97 Å². The van der Waals surface area contributed by atoms with Crippen molar-refractivity contribution in [3.8, 4) is 11.3 Å². The summed E-state index contributed by atoms with van der Waals surface area (Å²) in [4.78, 5) is 20.8. The van der Waals surface area contributed by atoms with Crippen LogP contribution in [-0.4, -0.2) is 21.5 Å². The van der Waals surface area contributed by atoms with Gasteiger partial charge in [-0.25, -0.2) is 4.98 Å². The van der Waals surface area contributed by atoms with Crippen LogP contribution in [0.5, 0.6) is 0 Å². The number of nitrogens with zero attached hydrogens (tertiary/aromatic N) is 2. The Hall–Kier alpha value is -2.43. The Morgan fingerprint density at radius 2 is 1.88 bits per heavy atom. The number of aromatic nitrogens is 2. The highest BCUT2D eigenvalue weighted by Crippen LogP contribution is 2.28. The summed E-state index contributed by atoms with van der Waals surface area (Å²) in [6.45, 7) is 9.42. The Labute approximate surface area is 143 Å². The molecule has 0 aliphatic rings. The van der Waals surface area contributed by atoms with Crippen LogP contribution in [0.1, 0.15) is 40.2 Å². The summed E-state index contributed by atoms with van der Waals surface area (Å²) in [7, 11) is 0. The summed E-state index contributed by atoms with van der Waals surface area (Å²) in [5, 5.41) is 0. The fourth-order valence-corrected chi connectivity index (χ4v) is 2.36. The average Bonchev–Trinajstić information content (AvgIpc) is 2.45. The molecule has 0 spiro atoms. The number of esters is 1. The number of anilines is 1. The lowest BCUT2D eigenvalue weighted by atomic mass is 9.85. The van der Waals surface area contributed by atoms with Gasteiger partial charge in [-0.05, 0) is 52.7 Å². The van der Waals surface area contributed by atoms with Gasteiger partial charge in [0.25, 0.3) is 0 Å². The van der Waals surface area contributed by atoms with Crippen LogP contribution in [0.2, 0.25) is 0 Å². The first-order valence-corrected chi connectivity index (χ1v) is 7.97. The van der Waals surface area contributed by atoms with Crippen LogP contribution in [0.3, 0.4) is 0 Å². The first kappa shape index (κ1) is 17.9. The summed E-state index contributed by atoms with van der Waals surface area (Å²) >= 11 is 0. The number of benzene rings is 1. The van der Waals surface area contributed by atoms with Crippen LogP contribution in [0.25, 0.3) is 11.3 Å². The van der Waals surface area contributed by atoms with E-state index in [1.165, 1.54) is 6.20 Å². The van der Waals surface area contributed by atoms with E-state index in [0.29, 0.717) is 17.9 Å². The summed E-state index contributed by atoms with van der Waals surface area (Å²) in [5.74, 6) is 0.177. The molecule has 0 aliphatic carbocycles. The molecule has 0 bridgehead atoms. The Morgan fingerprint density at radius 3 is 2.50 bits per heavy atom. The maximum atomic E-state index is 12.4. The van der Waals surface area contributed by atoms with Gasteiger partial charge in [0.05, 0.1) is 23.5 Å². The van der Waals surface area contributed by atoms with Crippen LogP contribution in [-0.2, 0) is 16.0 Å². The highest BCUT2D eigenvalue weighted by molar-refractivity contribution is 5.77. The van der Waals surface area contributed by atoms with Gasteiger partial charge >= 0.3 is 5.97 Å². The average molecular weight is 327 g/mol. The first-order valence-electron chi connectivity index (χ1n) is 7.97. The highest BCUT2D eigenvalue weighted by atomic mass is 16.6. The lowest BCUT2D eigenvalue weighted by molar-refractivity contribution is -0.165. The van der Waals surface area contributed by atoms with Gasteiger partial charge in [-0.15, -0.1) is 0 Å². The topological polar surface area (TPSA) is 78.1 Å². The van der Waals surface area contributed by atoms with Crippen molar-refractivity contribution in [1.82, 2.24) is 9.97 Å². The van der Waals surface area contributed by atoms with Gasteiger partial charge in [0.1, 0.15) is 11.4 Å². The molecule has 24 heavy (non-hydrogen) atoms. The normalized spacial score (nSPS) is 12.0. The molecule has 1 aromatic carbocycles. The number of hydrogen-bond donors (Lipinski definition) is 1. The summed E-state index contributed by atoms with van der Waals surface area (Å²) < 4.78 is 5.53. The van der Waals surface area contributed by atoms with Crippen molar-refractivity contribution in [1.29, 1.82) is 0 Å². The molecule has 128 valence electrons. The van der Waals surface area contributed by atoms with E-state index in [0.717, 1.165) is 11.1 Å². The van der Waals surface area contributed by atoms with Crippen LogP contribution in [0, 0.1) is 5.41 Å². The molecule has 0 saturated heterocycles. The second-order valence-electron chi connectivity index (χ2n) is 7.59. The summed E-state index contributed by atoms with van der Waals surface area (Å²) in [6.07, 6.45) is 3.76. The van der Waals surface area contributed by atoms with Crippen molar-refractivity contribution in [2.75, 3.05) is 5.73 Å². The SMILES string of the molecule is CC(C)(C)OC(=O)C(C)(C)Cc1cccc(-c2cncc(N)n2)c1. The molecule has 0 saturated carbocycles. The van der Waals surface area contributed by atoms with E-state index < -0.39 is 11.0 Å². The van der Waals surface area contributed by atoms with Crippen LogP contribution in [0.15, 0.2) is 36.7 Å². The molecule has 1 aromatic heterocycles. The summed E-state index contributed by atoms with van der Waals surface area (Å²) in [5.41, 5.74) is 7.26. The Bertz CT molecular complexity index is 733. The van der Waals surface area contributed by atoms with Crippen LogP contribution >= 0.6 is 0 Å². The van der Waals surface area contributed by atoms with Crippen LogP contribution in [0.4, 0.5) is 5.82 Å². The molecule has 2 aromatic rings. The minimum atomic E-state index is -0.618.